The van der Waals surface area contributed by atoms with E-state index >= 15 is 0 Å². The SMILES string of the molecule is CCC1CCC(C(C)C(C(=O)O)C(CC)c2ccc3c(c2)CCO3)CC1. The lowest BCUT2D eigenvalue weighted by Gasteiger charge is -2.37. The van der Waals surface area contributed by atoms with Crippen LogP contribution in [0, 0.1) is 23.7 Å². The van der Waals surface area contributed by atoms with Gasteiger partial charge in [0.25, 0.3) is 0 Å². The van der Waals surface area contributed by atoms with E-state index in [4.69, 9.17) is 4.74 Å². The maximum absolute atomic E-state index is 12.3. The van der Waals surface area contributed by atoms with E-state index in [-0.39, 0.29) is 17.8 Å². The predicted molar refractivity (Wildman–Crippen MR) is 105 cm³/mol. The van der Waals surface area contributed by atoms with Crippen molar-refractivity contribution >= 4 is 5.97 Å². The number of rotatable bonds is 7. The number of aliphatic carboxylic acids is 1. The summed E-state index contributed by atoms with van der Waals surface area (Å²) in [6.07, 6.45) is 7.99. The standard InChI is InChI=1S/C23H34O3/c1-4-16-6-8-17(9-7-16)15(3)22(23(24)25)20(5-2)18-10-11-21-19(14-18)12-13-26-21/h10-11,14-17,20,22H,4-9,12-13H2,1-3H3,(H,24,25). The highest BCUT2D eigenvalue weighted by atomic mass is 16.5. The minimum Gasteiger partial charge on any atom is -0.493 e. The number of hydrogen-bond donors (Lipinski definition) is 1. The van der Waals surface area contributed by atoms with E-state index in [9.17, 15) is 9.90 Å². The van der Waals surface area contributed by atoms with Crippen LogP contribution in [0.2, 0.25) is 0 Å². The van der Waals surface area contributed by atoms with Gasteiger partial charge in [-0.2, -0.15) is 0 Å². The smallest absolute Gasteiger partial charge is 0.307 e. The molecule has 1 fully saturated rings. The van der Waals surface area contributed by atoms with Gasteiger partial charge in [-0.15, -0.1) is 0 Å². The molecule has 1 heterocycles. The number of carboxylic acids is 1. The van der Waals surface area contributed by atoms with Crippen LogP contribution in [-0.4, -0.2) is 17.7 Å². The zero-order valence-corrected chi connectivity index (χ0v) is 16.5. The lowest BCUT2D eigenvalue weighted by Crippen LogP contribution is -2.34. The molecular formula is C23H34O3. The number of ether oxygens (including phenoxy) is 1. The van der Waals surface area contributed by atoms with E-state index in [1.165, 1.54) is 43.2 Å². The molecule has 2 aliphatic rings. The molecule has 1 N–H and O–H groups in total. The van der Waals surface area contributed by atoms with Crippen molar-refractivity contribution in [3.63, 3.8) is 0 Å². The van der Waals surface area contributed by atoms with Crippen LogP contribution in [0.4, 0.5) is 0 Å². The second-order valence-corrected chi connectivity index (χ2v) is 8.39. The molecule has 0 amide bonds. The first-order chi connectivity index (χ1) is 12.5. The summed E-state index contributed by atoms with van der Waals surface area (Å²) in [5.41, 5.74) is 2.42. The molecule has 3 unspecified atom stereocenters. The summed E-state index contributed by atoms with van der Waals surface area (Å²) in [6, 6.07) is 6.33. The second kappa shape index (κ2) is 8.45. The summed E-state index contributed by atoms with van der Waals surface area (Å²) in [4.78, 5) is 12.3. The minimum absolute atomic E-state index is 0.0808. The fourth-order valence-electron chi connectivity index (χ4n) is 5.31. The van der Waals surface area contributed by atoms with E-state index in [1.807, 2.05) is 6.07 Å². The van der Waals surface area contributed by atoms with E-state index in [2.05, 4.69) is 32.9 Å². The summed E-state index contributed by atoms with van der Waals surface area (Å²) in [6.45, 7) is 7.34. The zero-order chi connectivity index (χ0) is 18.7. The van der Waals surface area contributed by atoms with Crippen LogP contribution in [0.15, 0.2) is 18.2 Å². The summed E-state index contributed by atoms with van der Waals surface area (Å²) in [5, 5.41) is 10.1. The highest BCUT2D eigenvalue weighted by molar-refractivity contribution is 5.72. The fourth-order valence-corrected chi connectivity index (χ4v) is 5.31. The highest BCUT2D eigenvalue weighted by Gasteiger charge is 2.38. The van der Waals surface area contributed by atoms with E-state index in [0.717, 1.165) is 31.1 Å². The zero-order valence-electron chi connectivity index (χ0n) is 16.5. The van der Waals surface area contributed by atoms with E-state index < -0.39 is 5.97 Å². The van der Waals surface area contributed by atoms with Crippen molar-refractivity contribution in [2.24, 2.45) is 23.7 Å². The van der Waals surface area contributed by atoms with Gasteiger partial charge < -0.3 is 9.84 Å². The average Bonchev–Trinajstić information content (AvgIpc) is 3.13. The monoisotopic (exact) mass is 358 g/mol. The van der Waals surface area contributed by atoms with Crippen LogP contribution < -0.4 is 4.74 Å². The van der Waals surface area contributed by atoms with Gasteiger partial charge in [-0.1, -0.05) is 52.2 Å². The summed E-state index contributed by atoms with van der Waals surface area (Å²) in [7, 11) is 0. The molecule has 1 aromatic rings. The highest BCUT2D eigenvalue weighted by Crippen LogP contribution is 2.43. The summed E-state index contributed by atoms with van der Waals surface area (Å²) < 4.78 is 5.62. The van der Waals surface area contributed by atoms with Crippen molar-refractivity contribution in [1.29, 1.82) is 0 Å². The molecule has 144 valence electrons. The Bertz CT molecular complexity index is 616. The topological polar surface area (TPSA) is 46.5 Å². The van der Waals surface area contributed by atoms with Crippen LogP contribution in [0.1, 0.15) is 76.3 Å². The van der Waals surface area contributed by atoms with Crippen LogP contribution >= 0.6 is 0 Å². The first-order valence-electron chi connectivity index (χ1n) is 10.5. The van der Waals surface area contributed by atoms with Crippen LogP contribution in [0.3, 0.4) is 0 Å². The molecule has 3 rings (SSSR count). The molecule has 1 aliphatic carbocycles. The van der Waals surface area contributed by atoms with Gasteiger partial charge in [-0.25, -0.2) is 0 Å². The molecule has 0 saturated heterocycles. The van der Waals surface area contributed by atoms with E-state index in [1.54, 1.807) is 0 Å². The second-order valence-electron chi connectivity index (χ2n) is 8.39. The minimum atomic E-state index is -0.626. The Labute approximate surface area is 158 Å². The normalized spacial score (nSPS) is 25.8. The average molecular weight is 359 g/mol. The molecule has 1 aliphatic heterocycles. The molecular weight excluding hydrogens is 324 g/mol. The van der Waals surface area contributed by atoms with Gasteiger partial charge >= 0.3 is 5.97 Å². The van der Waals surface area contributed by atoms with Crippen LogP contribution in [-0.2, 0) is 11.2 Å². The van der Waals surface area contributed by atoms with Gasteiger partial charge in [0.05, 0.1) is 12.5 Å². The number of benzene rings is 1. The van der Waals surface area contributed by atoms with Gasteiger partial charge in [0.1, 0.15) is 5.75 Å². The van der Waals surface area contributed by atoms with Gasteiger partial charge in [0, 0.05) is 6.42 Å². The van der Waals surface area contributed by atoms with Crippen molar-refractivity contribution in [3.05, 3.63) is 29.3 Å². The largest absolute Gasteiger partial charge is 0.493 e. The lowest BCUT2D eigenvalue weighted by atomic mass is 9.67. The molecule has 0 aromatic heterocycles. The molecule has 0 radical (unpaired) electrons. The number of fused-ring (bicyclic) bond motifs is 1. The lowest BCUT2D eigenvalue weighted by molar-refractivity contribution is -0.145. The fraction of sp³-hybridized carbons (Fsp3) is 0.696. The number of carboxylic acid groups (broad SMARTS) is 1. The van der Waals surface area contributed by atoms with Gasteiger partial charge in [0.2, 0.25) is 0 Å². The summed E-state index contributed by atoms with van der Waals surface area (Å²) in [5.74, 6) is 1.74. The van der Waals surface area contributed by atoms with Crippen molar-refractivity contribution in [2.45, 2.75) is 71.6 Å². The molecule has 3 heteroatoms. The molecule has 0 spiro atoms. The van der Waals surface area contributed by atoms with E-state index in [0.29, 0.717) is 5.92 Å². The number of hydrogen-bond acceptors (Lipinski definition) is 2. The van der Waals surface area contributed by atoms with Crippen molar-refractivity contribution in [1.82, 2.24) is 0 Å². The predicted octanol–water partition coefficient (Wildman–Crippen LogP) is 5.67. The third-order valence-electron chi connectivity index (χ3n) is 7.08. The first kappa shape index (κ1) is 19.3. The van der Waals surface area contributed by atoms with Crippen LogP contribution in [0.25, 0.3) is 0 Å². The third kappa shape index (κ3) is 3.92. The maximum atomic E-state index is 12.3. The Hall–Kier alpha value is -1.51. The van der Waals surface area contributed by atoms with Crippen LogP contribution in [0.5, 0.6) is 5.75 Å². The molecule has 1 aromatic carbocycles. The quantitative estimate of drug-likeness (QED) is 0.683. The van der Waals surface area contributed by atoms with Crippen molar-refractivity contribution in [2.75, 3.05) is 6.61 Å². The molecule has 1 saturated carbocycles. The van der Waals surface area contributed by atoms with Gasteiger partial charge in [0.15, 0.2) is 0 Å². The molecule has 26 heavy (non-hydrogen) atoms. The Kier molecular flexibility index (Phi) is 6.26. The Morgan fingerprint density at radius 2 is 1.96 bits per heavy atom. The molecule has 0 bridgehead atoms. The maximum Gasteiger partial charge on any atom is 0.307 e. The Morgan fingerprint density at radius 1 is 1.23 bits per heavy atom. The Morgan fingerprint density at radius 3 is 2.58 bits per heavy atom. The molecule has 3 nitrogen and oxygen atoms in total. The number of carbonyl (C=O) groups is 1. The van der Waals surface area contributed by atoms with Gasteiger partial charge in [-0.05, 0) is 60.1 Å². The van der Waals surface area contributed by atoms with Crippen molar-refractivity contribution in [3.8, 4) is 5.75 Å². The molecule has 3 atom stereocenters. The van der Waals surface area contributed by atoms with Crippen molar-refractivity contribution < 1.29 is 14.6 Å². The summed E-state index contributed by atoms with van der Waals surface area (Å²) >= 11 is 0. The third-order valence-corrected chi connectivity index (χ3v) is 7.08. The first-order valence-corrected chi connectivity index (χ1v) is 10.5. The Balaban J connectivity index is 1.80. The van der Waals surface area contributed by atoms with Gasteiger partial charge in [-0.3, -0.25) is 4.79 Å².